The second kappa shape index (κ2) is 11.9. The molecule has 0 atom stereocenters. The highest BCUT2D eigenvalue weighted by atomic mass is 35.5. The van der Waals surface area contributed by atoms with E-state index in [4.69, 9.17) is 27.9 Å². The first-order chi connectivity index (χ1) is 18.5. The molecule has 1 fully saturated rings. The first kappa shape index (κ1) is 28.8. The van der Waals surface area contributed by atoms with E-state index in [1.807, 2.05) is 6.07 Å². The van der Waals surface area contributed by atoms with Crippen LogP contribution in [0.15, 0.2) is 54.6 Å². The van der Waals surface area contributed by atoms with Gasteiger partial charge >= 0.3 is 0 Å². The molecular formula is C29H30Cl2FN3O4. The summed E-state index contributed by atoms with van der Waals surface area (Å²) in [6.45, 7) is 5.51. The van der Waals surface area contributed by atoms with Crippen LogP contribution in [-0.2, 0) is 4.74 Å². The van der Waals surface area contributed by atoms with Crippen LogP contribution in [0.5, 0.6) is 0 Å². The summed E-state index contributed by atoms with van der Waals surface area (Å²) in [5.41, 5.74) is 1.77. The summed E-state index contributed by atoms with van der Waals surface area (Å²) >= 11 is 12.7. The van der Waals surface area contributed by atoms with Crippen LogP contribution in [0.3, 0.4) is 0 Å². The Morgan fingerprint density at radius 2 is 1.79 bits per heavy atom. The summed E-state index contributed by atoms with van der Waals surface area (Å²) in [5, 5.41) is 13.1. The lowest BCUT2D eigenvalue weighted by Crippen LogP contribution is -2.38. The number of hydrogen-bond acceptors (Lipinski definition) is 5. The van der Waals surface area contributed by atoms with Crippen molar-refractivity contribution >= 4 is 46.4 Å². The van der Waals surface area contributed by atoms with E-state index in [1.54, 1.807) is 51.2 Å². The van der Waals surface area contributed by atoms with E-state index in [2.05, 4.69) is 10.2 Å². The quantitative estimate of drug-likeness (QED) is 0.394. The number of halogens is 3. The van der Waals surface area contributed by atoms with E-state index < -0.39 is 17.3 Å². The molecule has 1 saturated heterocycles. The molecule has 7 nitrogen and oxygen atoms in total. The van der Waals surface area contributed by atoms with Crippen molar-refractivity contribution in [2.24, 2.45) is 0 Å². The molecule has 2 amide bonds. The van der Waals surface area contributed by atoms with E-state index in [1.165, 1.54) is 23.1 Å². The molecule has 0 aliphatic carbocycles. The van der Waals surface area contributed by atoms with Gasteiger partial charge in [-0.05, 0) is 61.9 Å². The number of nitrogens with zero attached hydrogens (tertiary/aromatic N) is 2. The van der Waals surface area contributed by atoms with Gasteiger partial charge in [-0.1, -0.05) is 35.3 Å². The molecule has 0 radical (unpaired) electrons. The summed E-state index contributed by atoms with van der Waals surface area (Å²) < 4.78 is 20.1. The number of nitrogens with one attached hydrogen (secondary N) is 1. The molecule has 0 bridgehead atoms. The minimum Gasteiger partial charge on any atom is -0.389 e. The highest BCUT2D eigenvalue weighted by Gasteiger charge is 2.25. The second-order valence-corrected chi connectivity index (χ2v) is 10.8. The molecule has 39 heavy (non-hydrogen) atoms. The van der Waals surface area contributed by atoms with Crippen LogP contribution in [-0.4, -0.2) is 62.4 Å². The van der Waals surface area contributed by atoms with Crippen LogP contribution in [0.4, 0.5) is 15.8 Å². The number of rotatable bonds is 7. The molecule has 1 heterocycles. The summed E-state index contributed by atoms with van der Waals surface area (Å²) in [6, 6.07) is 14.5. The van der Waals surface area contributed by atoms with Crippen LogP contribution in [0.25, 0.3) is 11.1 Å². The van der Waals surface area contributed by atoms with Gasteiger partial charge in [0, 0.05) is 42.8 Å². The third-order valence-corrected chi connectivity index (χ3v) is 7.04. The Balaban J connectivity index is 1.74. The fourth-order valence-electron chi connectivity index (χ4n) is 4.30. The monoisotopic (exact) mass is 573 g/mol. The molecule has 206 valence electrons. The maximum atomic E-state index is 14.6. The molecule has 0 unspecified atom stereocenters. The number of carbonyl (C=O) groups excluding carboxylic acids is 2. The third-order valence-electron chi connectivity index (χ3n) is 6.39. The van der Waals surface area contributed by atoms with Crippen LogP contribution in [0, 0.1) is 5.82 Å². The minimum atomic E-state index is -1.05. The van der Waals surface area contributed by atoms with Gasteiger partial charge in [0.2, 0.25) is 0 Å². The Morgan fingerprint density at radius 1 is 1.08 bits per heavy atom. The molecule has 1 aliphatic heterocycles. The summed E-state index contributed by atoms with van der Waals surface area (Å²) in [5.74, 6) is -1.62. The molecule has 10 heteroatoms. The SMILES string of the molecule is CN(C(=O)c1c(F)cccc1Cl)c1ccc(-c2cc(C(=O)NCC(C)(C)O)ccc2Cl)cc1N1CCOCC1. The Kier molecular flexibility index (Phi) is 8.81. The lowest BCUT2D eigenvalue weighted by molar-refractivity contribution is 0.0694. The zero-order valence-corrected chi connectivity index (χ0v) is 23.4. The largest absolute Gasteiger partial charge is 0.389 e. The predicted molar refractivity (Wildman–Crippen MR) is 153 cm³/mol. The van der Waals surface area contributed by atoms with Gasteiger partial charge in [0.15, 0.2) is 0 Å². The molecule has 2 N–H and O–H groups in total. The zero-order chi connectivity index (χ0) is 28.3. The zero-order valence-electron chi connectivity index (χ0n) is 21.9. The van der Waals surface area contributed by atoms with E-state index in [9.17, 15) is 19.1 Å². The van der Waals surface area contributed by atoms with Crippen LogP contribution in [0.1, 0.15) is 34.6 Å². The molecular weight excluding hydrogens is 544 g/mol. The van der Waals surface area contributed by atoms with E-state index >= 15 is 0 Å². The number of carbonyl (C=O) groups is 2. The van der Waals surface area contributed by atoms with E-state index in [0.29, 0.717) is 48.1 Å². The third kappa shape index (κ3) is 6.70. The highest BCUT2D eigenvalue weighted by molar-refractivity contribution is 6.35. The molecule has 0 saturated carbocycles. The first-order valence-electron chi connectivity index (χ1n) is 12.5. The predicted octanol–water partition coefficient (Wildman–Crippen LogP) is 5.41. The Hall–Kier alpha value is -3.17. The van der Waals surface area contributed by atoms with Gasteiger partial charge in [-0.15, -0.1) is 0 Å². The Bertz CT molecular complexity index is 1370. The van der Waals surface area contributed by atoms with Crippen molar-refractivity contribution in [2.75, 3.05) is 49.7 Å². The van der Waals surface area contributed by atoms with Crippen molar-refractivity contribution < 1.29 is 23.8 Å². The van der Waals surface area contributed by atoms with Crippen molar-refractivity contribution in [2.45, 2.75) is 19.4 Å². The topological polar surface area (TPSA) is 82.1 Å². The average molecular weight is 574 g/mol. The fraction of sp³-hybridized carbons (Fsp3) is 0.310. The van der Waals surface area contributed by atoms with Crippen molar-refractivity contribution in [1.29, 1.82) is 0 Å². The van der Waals surface area contributed by atoms with Gasteiger partial charge in [-0.25, -0.2) is 4.39 Å². The second-order valence-electron chi connectivity index (χ2n) is 9.95. The van der Waals surface area contributed by atoms with Crippen molar-refractivity contribution in [3.05, 3.63) is 81.6 Å². The van der Waals surface area contributed by atoms with Crippen molar-refractivity contribution in [3.8, 4) is 11.1 Å². The number of ether oxygens (including phenoxy) is 1. The fourth-order valence-corrected chi connectivity index (χ4v) is 4.77. The van der Waals surface area contributed by atoms with Crippen LogP contribution >= 0.6 is 23.2 Å². The number of benzene rings is 3. The molecule has 1 aliphatic rings. The van der Waals surface area contributed by atoms with Crippen LogP contribution in [0.2, 0.25) is 10.0 Å². The first-order valence-corrected chi connectivity index (χ1v) is 13.2. The number of anilines is 2. The molecule has 3 aromatic rings. The summed E-state index contributed by atoms with van der Waals surface area (Å²) in [7, 11) is 1.57. The van der Waals surface area contributed by atoms with Gasteiger partial charge in [-0.3, -0.25) is 9.59 Å². The average Bonchev–Trinajstić information content (AvgIpc) is 2.91. The Morgan fingerprint density at radius 3 is 2.46 bits per heavy atom. The van der Waals surface area contributed by atoms with Gasteiger partial charge in [0.05, 0.1) is 40.8 Å². The number of hydrogen-bond donors (Lipinski definition) is 2. The lowest BCUT2D eigenvalue weighted by Gasteiger charge is -2.33. The van der Waals surface area contributed by atoms with Crippen molar-refractivity contribution in [1.82, 2.24) is 5.32 Å². The van der Waals surface area contributed by atoms with Crippen molar-refractivity contribution in [3.63, 3.8) is 0 Å². The number of morpholine rings is 1. The normalized spacial score (nSPS) is 13.8. The smallest absolute Gasteiger partial charge is 0.262 e. The molecule has 0 aromatic heterocycles. The van der Waals surface area contributed by atoms with Gasteiger partial charge in [0.25, 0.3) is 11.8 Å². The van der Waals surface area contributed by atoms with E-state index in [-0.39, 0.29) is 23.0 Å². The number of amides is 2. The molecule has 4 rings (SSSR count). The summed E-state index contributed by atoms with van der Waals surface area (Å²) in [6.07, 6.45) is 0. The van der Waals surface area contributed by atoms with Gasteiger partial charge in [-0.2, -0.15) is 0 Å². The molecule has 3 aromatic carbocycles. The number of aliphatic hydroxyl groups is 1. The standard InChI is InChI=1S/C29H30Cl2FN3O4/c1-29(2,38)17-33-27(36)19-7-9-21(30)20(15-19)18-8-10-24(25(16-18)35-11-13-39-14-12-35)34(3)28(37)26-22(31)5-4-6-23(26)32/h4-10,15-16,38H,11-14,17H2,1-3H3,(H,33,36). The van der Waals surface area contributed by atoms with E-state index in [0.717, 1.165) is 11.3 Å². The molecule has 0 spiro atoms. The minimum absolute atomic E-state index is 0.0304. The van der Waals surface area contributed by atoms with Gasteiger partial charge in [0.1, 0.15) is 5.82 Å². The maximum Gasteiger partial charge on any atom is 0.262 e. The highest BCUT2D eigenvalue weighted by Crippen LogP contribution is 2.38. The Labute approximate surface area is 237 Å². The van der Waals surface area contributed by atoms with Crippen LogP contribution < -0.4 is 15.1 Å². The maximum absolute atomic E-state index is 14.6. The van der Waals surface area contributed by atoms with Gasteiger partial charge < -0.3 is 25.0 Å². The summed E-state index contributed by atoms with van der Waals surface area (Å²) in [4.78, 5) is 29.6. The lowest BCUT2D eigenvalue weighted by atomic mass is 10.00.